The lowest BCUT2D eigenvalue weighted by atomic mass is 9.63. The number of hydrogen-bond donors (Lipinski definition) is 0. The van der Waals surface area contributed by atoms with Crippen molar-refractivity contribution in [2.45, 2.75) is 32.2 Å². The Bertz CT molecular complexity index is 498. The van der Waals surface area contributed by atoms with E-state index in [0.29, 0.717) is 0 Å². The molecule has 0 spiro atoms. The Morgan fingerprint density at radius 1 is 1.37 bits per heavy atom. The van der Waals surface area contributed by atoms with Gasteiger partial charge in [-0.2, -0.15) is 5.26 Å². The molecule has 1 aromatic carbocycles. The third-order valence-corrected chi connectivity index (χ3v) is 4.19. The average molecular weight is 258 g/mol. The molecule has 1 atom stereocenters. The Balaban J connectivity index is 2.51. The van der Waals surface area contributed by atoms with Gasteiger partial charge in [-0.3, -0.25) is 0 Å². The highest BCUT2D eigenvalue weighted by Gasteiger charge is 2.47. The van der Waals surface area contributed by atoms with Crippen molar-refractivity contribution in [2.75, 3.05) is 21.2 Å². The monoisotopic (exact) mass is 258 g/mol. The fraction of sp³-hybridized carbons (Fsp3) is 0.562. The van der Waals surface area contributed by atoms with Crippen LogP contribution in [0, 0.1) is 23.7 Å². The standard InChI is InChI=1S/C16H22N2O/c1-12-6-7-14(19-4)13(10-12)15(18(2)3)16(11-17)8-5-9-16/h6-7,10,15H,5,8-9H2,1-4H3. The van der Waals surface area contributed by atoms with Crippen molar-refractivity contribution < 1.29 is 4.74 Å². The third kappa shape index (κ3) is 2.33. The Morgan fingerprint density at radius 3 is 2.47 bits per heavy atom. The molecule has 0 heterocycles. The average Bonchev–Trinajstić information content (AvgIpc) is 2.33. The van der Waals surface area contributed by atoms with E-state index in [1.54, 1.807) is 7.11 Å². The number of methoxy groups -OCH3 is 1. The largest absolute Gasteiger partial charge is 0.496 e. The maximum absolute atomic E-state index is 9.63. The first-order valence-electron chi connectivity index (χ1n) is 6.76. The van der Waals surface area contributed by atoms with Gasteiger partial charge in [-0.05, 0) is 39.9 Å². The fourth-order valence-corrected chi connectivity index (χ4v) is 3.14. The van der Waals surface area contributed by atoms with Gasteiger partial charge in [0.1, 0.15) is 5.75 Å². The van der Waals surface area contributed by atoms with E-state index in [0.717, 1.165) is 30.6 Å². The Labute approximate surface area is 115 Å². The molecule has 1 aliphatic carbocycles. The summed E-state index contributed by atoms with van der Waals surface area (Å²) in [6.45, 7) is 2.08. The highest BCUT2D eigenvalue weighted by atomic mass is 16.5. The molecular formula is C16H22N2O. The lowest BCUT2D eigenvalue weighted by Gasteiger charge is -2.45. The second kappa shape index (κ2) is 5.22. The second-order valence-electron chi connectivity index (χ2n) is 5.73. The summed E-state index contributed by atoms with van der Waals surface area (Å²) < 4.78 is 5.50. The predicted octanol–water partition coefficient (Wildman–Crippen LogP) is 3.30. The van der Waals surface area contributed by atoms with Crippen LogP contribution in [0.4, 0.5) is 0 Å². The van der Waals surface area contributed by atoms with Gasteiger partial charge in [0, 0.05) is 5.56 Å². The number of ether oxygens (including phenoxy) is 1. The first kappa shape index (κ1) is 13.9. The Morgan fingerprint density at radius 2 is 2.05 bits per heavy atom. The van der Waals surface area contributed by atoms with Crippen molar-refractivity contribution in [1.29, 1.82) is 5.26 Å². The number of aryl methyl sites for hydroxylation is 1. The van der Waals surface area contributed by atoms with Crippen LogP contribution in [0.2, 0.25) is 0 Å². The summed E-state index contributed by atoms with van der Waals surface area (Å²) in [6.07, 6.45) is 3.10. The molecule has 0 amide bonds. The number of nitriles is 1. The van der Waals surface area contributed by atoms with Gasteiger partial charge in [0.05, 0.1) is 24.6 Å². The normalized spacial score (nSPS) is 18.5. The SMILES string of the molecule is COc1ccc(C)cc1C(N(C)C)C1(C#N)CCC1. The highest BCUT2D eigenvalue weighted by molar-refractivity contribution is 5.41. The summed E-state index contributed by atoms with van der Waals surface area (Å²) in [6, 6.07) is 8.88. The number of hydrogen-bond acceptors (Lipinski definition) is 3. The van der Waals surface area contributed by atoms with Crippen LogP contribution >= 0.6 is 0 Å². The van der Waals surface area contributed by atoms with Crippen LogP contribution < -0.4 is 4.74 Å². The van der Waals surface area contributed by atoms with Gasteiger partial charge in [-0.25, -0.2) is 0 Å². The summed E-state index contributed by atoms with van der Waals surface area (Å²) in [5.41, 5.74) is 2.08. The van der Waals surface area contributed by atoms with Crippen LogP contribution in [-0.4, -0.2) is 26.1 Å². The van der Waals surface area contributed by atoms with E-state index in [-0.39, 0.29) is 11.5 Å². The van der Waals surface area contributed by atoms with Crippen LogP contribution in [0.1, 0.15) is 36.4 Å². The van der Waals surface area contributed by atoms with Gasteiger partial charge in [-0.15, -0.1) is 0 Å². The van der Waals surface area contributed by atoms with Crippen molar-refractivity contribution in [2.24, 2.45) is 5.41 Å². The van der Waals surface area contributed by atoms with Gasteiger partial charge in [0.25, 0.3) is 0 Å². The maximum atomic E-state index is 9.63. The van der Waals surface area contributed by atoms with Crippen molar-refractivity contribution >= 4 is 0 Å². The fourth-order valence-electron chi connectivity index (χ4n) is 3.14. The molecule has 2 rings (SSSR count). The Hall–Kier alpha value is -1.53. The minimum Gasteiger partial charge on any atom is -0.496 e. The second-order valence-corrected chi connectivity index (χ2v) is 5.73. The minimum absolute atomic E-state index is 0.0982. The van der Waals surface area contributed by atoms with Gasteiger partial charge >= 0.3 is 0 Å². The summed E-state index contributed by atoms with van der Waals surface area (Å²) in [5.74, 6) is 0.880. The first-order chi connectivity index (χ1) is 9.04. The van der Waals surface area contributed by atoms with E-state index in [1.807, 2.05) is 20.2 Å². The predicted molar refractivity (Wildman–Crippen MR) is 76.1 cm³/mol. The van der Waals surface area contributed by atoms with Crippen molar-refractivity contribution in [1.82, 2.24) is 4.90 Å². The quantitative estimate of drug-likeness (QED) is 0.831. The molecule has 0 saturated heterocycles. The molecule has 0 bridgehead atoms. The zero-order valence-corrected chi connectivity index (χ0v) is 12.2. The van der Waals surface area contributed by atoms with Crippen LogP contribution in [0.3, 0.4) is 0 Å². The topological polar surface area (TPSA) is 36.3 Å². The van der Waals surface area contributed by atoms with Crippen LogP contribution in [-0.2, 0) is 0 Å². The molecule has 1 fully saturated rings. The van der Waals surface area contributed by atoms with Gasteiger partial charge in [0.15, 0.2) is 0 Å². The molecular weight excluding hydrogens is 236 g/mol. The van der Waals surface area contributed by atoms with Crippen LogP contribution in [0.15, 0.2) is 18.2 Å². The summed E-state index contributed by atoms with van der Waals surface area (Å²) in [7, 11) is 5.79. The molecule has 1 saturated carbocycles. The van der Waals surface area contributed by atoms with E-state index >= 15 is 0 Å². The molecule has 102 valence electrons. The lowest BCUT2D eigenvalue weighted by Crippen LogP contribution is -2.41. The first-order valence-corrected chi connectivity index (χ1v) is 6.76. The molecule has 1 aromatic rings. The molecule has 19 heavy (non-hydrogen) atoms. The zero-order chi connectivity index (χ0) is 14.0. The molecule has 0 aliphatic heterocycles. The highest BCUT2D eigenvalue weighted by Crippen LogP contribution is 2.53. The van der Waals surface area contributed by atoms with Gasteiger partial charge < -0.3 is 9.64 Å². The van der Waals surface area contributed by atoms with E-state index in [1.165, 1.54) is 5.56 Å². The lowest BCUT2D eigenvalue weighted by molar-refractivity contribution is 0.0730. The molecule has 0 N–H and O–H groups in total. The molecule has 1 aliphatic rings. The van der Waals surface area contributed by atoms with Crippen molar-refractivity contribution in [3.63, 3.8) is 0 Å². The summed E-state index contributed by atoms with van der Waals surface area (Å²) in [4.78, 5) is 2.15. The van der Waals surface area contributed by atoms with Gasteiger partial charge in [-0.1, -0.05) is 24.1 Å². The number of benzene rings is 1. The van der Waals surface area contributed by atoms with Crippen LogP contribution in [0.25, 0.3) is 0 Å². The van der Waals surface area contributed by atoms with Crippen LogP contribution in [0.5, 0.6) is 5.75 Å². The third-order valence-electron chi connectivity index (χ3n) is 4.19. The number of rotatable bonds is 4. The van der Waals surface area contributed by atoms with Crippen molar-refractivity contribution in [3.05, 3.63) is 29.3 Å². The molecule has 0 aromatic heterocycles. The van der Waals surface area contributed by atoms with E-state index < -0.39 is 0 Å². The van der Waals surface area contributed by atoms with E-state index in [4.69, 9.17) is 4.74 Å². The van der Waals surface area contributed by atoms with E-state index in [2.05, 4.69) is 30.0 Å². The maximum Gasteiger partial charge on any atom is 0.123 e. The Kier molecular flexibility index (Phi) is 3.82. The minimum atomic E-state index is -0.259. The van der Waals surface area contributed by atoms with Gasteiger partial charge in [0.2, 0.25) is 0 Å². The molecule has 1 unspecified atom stereocenters. The number of nitrogens with zero attached hydrogens (tertiary/aromatic N) is 2. The molecule has 3 heteroatoms. The zero-order valence-electron chi connectivity index (χ0n) is 12.2. The van der Waals surface area contributed by atoms with E-state index in [9.17, 15) is 5.26 Å². The molecule has 0 radical (unpaired) electrons. The summed E-state index contributed by atoms with van der Waals surface area (Å²) in [5, 5.41) is 9.63. The summed E-state index contributed by atoms with van der Waals surface area (Å²) >= 11 is 0. The smallest absolute Gasteiger partial charge is 0.123 e. The molecule has 3 nitrogen and oxygen atoms in total. The van der Waals surface area contributed by atoms with Crippen molar-refractivity contribution in [3.8, 4) is 11.8 Å².